The Morgan fingerprint density at radius 1 is 0.848 bits per heavy atom. The molecule has 0 aliphatic rings. The number of amides is 2. The van der Waals surface area contributed by atoms with Crippen LogP contribution in [0.25, 0.3) is 0 Å². The van der Waals surface area contributed by atoms with Crippen molar-refractivity contribution in [1.82, 2.24) is 4.90 Å². The summed E-state index contributed by atoms with van der Waals surface area (Å²) in [6, 6.07) is 4.92. The van der Waals surface area contributed by atoms with Crippen molar-refractivity contribution >= 4 is 23.2 Å². The van der Waals surface area contributed by atoms with E-state index < -0.39 is 35.0 Å². The van der Waals surface area contributed by atoms with E-state index in [2.05, 4.69) is 5.32 Å². The van der Waals surface area contributed by atoms with Crippen LogP contribution in [0.15, 0.2) is 36.4 Å². The third kappa shape index (κ3) is 6.17. The van der Waals surface area contributed by atoms with Crippen molar-refractivity contribution < 1.29 is 35.9 Å². The lowest BCUT2D eigenvalue weighted by atomic mass is 10.0. The zero-order valence-corrected chi connectivity index (χ0v) is 18.4. The number of carbonyl (C=O) groups is 2. The minimum Gasteiger partial charge on any atom is -0.377 e. The van der Waals surface area contributed by atoms with Gasteiger partial charge in [-0.2, -0.15) is 26.3 Å². The summed E-state index contributed by atoms with van der Waals surface area (Å²) < 4.78 is 78.5. The van der Waals surface area contributed by atoms with Gasteiger partial charge >= 0.3 is 12.4 Å². The number of alkyl halides is 6. The van der Waals surface area contributed by atoms with E-state index in [1.165, 1.54) is 23.1 Å². The zero-order chi connectivity index (χ0) is 25.1. The molecule has 2 aromatic rings. The van der Waals surface area contributed by atoms with Crippen LogP contribution < -0.4 is 10.2 Å². The fraction of sp³-hybridized carbons (Fsp3) is 0.364. The average molecular weight is 475 g/mol. The fourth-order valence-corrected chi connectivity index (χ4v) is 3.15. The third-order valence-corrected chi connectivity index (χ3v) is 4.87. The van der Waals surface area contributed by atoms with Crippen LogP contribution in [0.3, 0.4) is 0 Å². The minimum atomic E-state index is -5.08. The molecular formula is C22H23F6N3O2. The Balaban J connectivity index is 2.48. The molecule has 0 heterocycles. The first-order valence-electron chi connectivity index (χ1n) is 9.90. The molecule has 0 aliphatic heterocycles. The second-order valence-corrected chi connectivity index (χ2v) is 7.35. The third-order valence-electron chi connectivity index (χ3n) is 4.87. The molecule has 2 aromatic carbocycles. The molecule has 33 heavy (non-hydrogen) atoms. The summed E-state index contributed by atoms with van der Waals surface area (Å²) in [6.07, 6.45) is -10.2. The summed E-state index contributed by atoms with van der Waals surface area (Å²) in [5.74, 6) is -1.51. The summed E-state index contributed by atoms with van der Waals surface area (Å²) in [6.45, 7) is 4.41. The Morgan fingerprint density at radius 2 is 1.36 bits per heavy atom. The van der Waals surface area contributed by atoms with E-state index in [-0.39, 0.29) is 23.2 Å². The second-order valence-electron chi connectivity index (χ2n) is 7.35. The highest BCUT2D eigenvalue weighted by Gasteiger charge is 2.37. The fourth-order valence-electron chi connectivity index (χ4n) is 3.15. The lowest BCUT2D eigenvalue weighted by molar-refractivity contribution is -0.143. The molecule has 0 bridgehead atoms. The Hall–Kier alpha value is -3.24. The number of carbonyl (C=O) groups excluding carboxylic acids is 2. The van der Waals surface area contributed by atoms with Gasteiger partial charge < -0.3 is 15.1 Å². The van der Waals surface area contributed by atoms with Gasteiger partial charge in [0, 0.05) is 44.1 Å². The lowest BCUT2D eigenvalue weighted by Crippen LogP contribution is -2.31. The number of hydrogen-bond donors (Lipinski definition) is 1. The van der Waals surface area contributed by atoms with Crippen LogP contribution in [-0.2, 0) is 12.4 Å². The average Bonchev–Trinajstić information content (AvgIpc) is 2.72. The number of anilines is 2. The van der Waals surface area contributed by atoms with E-state index >= 15 is 0 Å². The van der Waals surface area contributed by atoms with Crippen LogP contribution >= 0.6 is 0 Å². The van der Waals surface area contributed by atoms with Gasteiger partial charge in [0.15, 0.2) is 0 Å². The normalized spacial score (nSPS) is 11.8. The van der Waals surface area contributed by atoms with E-state index in [4.69, 9.17) is 0 Å². The van der Waals surface area contributed by atoms with Crippen LogP contribution in [0.5, 0.6) is 0 Å². The van der Waals surface area contributed by atoms with Gasteiger partial charge in [-0.05, 0) is 50.2 Å². The van der Waals surface area contributed by atoms with E-state index in [9.17, 15) is 35.9 Å². The number of nitrogens with zero attached hydrogens (tertiary/aromatic N) is 2. The van der Waals surface area contributed by atoms with Gasteiger partial charge in [0.1, 0.15) is 0 Å². The number of rotatable bonds is 6. The maximum Gasteiger partial charge on any atom is 0.416 e. The van der Waals surface area contributed by atoms with Gasteiger partial charge in [-0.25, -0.2) is 0 Å². The lowest BCUT2D eigenvalue weighted by Gasteiger charge is -2.23. The van der Waals surface area contributed by atoms with Gasteiger partial charge in [0.05, 0.1) is 16.7 Å². The predicted octanol–water partition coefficient (Wildman–Crippen LogP) is 5.52. The summed E-state index contributed by atoms with van der Waals surface area (Å²) in [7, 11) is 3.40. The van der Waals surface area contributed by atoms with Crippen LogP contribution in [0, 0.1) is 0 Å². The van der Waals surface area contributed by atoms with Crippen molar-refractivity contribution in [3.05, 3.63) is 58.7 Å². The Kier molecular flexibility index (Phi) is 7.66. The van der Waals surface area contributed by atoms with Crippen LogP contribution in [0.1, 0.15) is 45.7 Å². The summed E-state index contributed by atoms with van der Waals surface area (Å²) in [5.41, 5.74) is -3.20. The van der Waals surface area contributed by atoms with Crippen molar-refractivity contribution in [2.45, 2.75) is 26.2 Å². The number of nitrogens with one attached hydrogen (secondary N) is 1. The van der Waals surface area contributed by atoms with Crippen LogP contribution in [0.4, 0.5) is 37.7 Å². The Labute approximate surface area is 187 Å². The van der Waals surface area contributed by atoms with Crippen molar-refractivity contribution in [2.24, 2.45) is 0 Å². The molecule has 0 aromatic heterocycles. The molecule has 2 amide bonds. The van der Waals surface area contributed by atoms with Crippen molar-refractivity contribution in [3.8, 4) is 0 Å². The standard InChI is InChI=1S/C22H23F6N3O2/c1-5-31(6-2)20(33)17-12-16(7-8-18(17)30(3)4)29-19(32)13-9-14(21(23,24)25)11-15(10-13)22(26,27)28/h7-12H,5-6H2,1-4H3,(H,29,32). The number of halogens is 6. The Bertz CT molecular complexity index is 996. The van der Waals surface area contributed by atoms with Crippen LogP contribution in [0.2, 0.25) is 0 Å². The molecule has 0 fully saturated rings. The predicted molar refractivity (Wildman–Crippen MR) is 112 cm³/mol. The molecule has 0 spiro atoms. The molecule has 0 radical (unpaired) electrons. The quantitative estimate of drug-likeness (QED) is 0.560. The van der Waals surface area contributed by atoms with Crippen LogP contribution in [-0.4, -0.2) is 43.9 Å². The SMILES string of the molecule is CCN(CC)C(=O)c1cc(NC(=O)c2cc(C(F)(F)F)cc(C(F)(F)F)c2)ccc1N(C)C. The molecule has 0 saturated carbocycles. The van der Waals surface area contributed by atoms with Crippen molar-refractivity contribution in [1.29, 1.82) is 0 Å². The summed E-state index contributed by atoms with van der Waals surface area (Å²) in [4.78, 5) is 28.7. The molecule has 0 aliphatic carbocycles. The summed E-state index contributed by atoms with van der Waals surface area (Å²) >= 11 is 0. The van der Waals surface area contributed by atoms with E-state index in [0.29, 0.717) is 30.9 Å². The van der Waals surface area contributed by atoms with Gasteiger partial charge in [0.2, 0.25) is 0 Å². The maximum absolute atomic E-state index is 13.1. The first-order valence-corrected chi connectivity index (χ1v) is 9.90. The molecule has 11 heteroatoms. The molecular weight excluding hydrogens is 452 g/mol. The molecule has 0 saturated heterocycles. The monoisotopic (exact) mass is 475 g/mol. The van der Waals surface area contributed by atoms with E-state index in [1.807, 2.05) is 0 Å². The minimum absolute atomic E-state index is 0.0482. The molecule has 0 unspecified atom stereocenters. The van der Waals surface area contributed by atoms with Gasteiger partial charge in [-0.1, -0.05) is 0 Å². The first kappa shape index (κ1) is 26.0. The highest BCUT2D eigenvalue weighted by atomic mass is 19.4. The Morgan fingerprint density at radius 3 is 1.79 bits per heavy atom. The second kappa shape index (κ2) is 9.72. The van der Waals surface area contributed by atoms with E-state index in [0.717, 1.165) is 0 Å². The van der Waals surface area contributed by atoms with Gasteiger partial charge in [0.25, 0.3) is 11.8 Å². The van der Waals surface area contributed by atoms with Crippen molar-refractivity contribution in [3.63, 3.8) is 0 Å². The molecule has 2 rings (SSSR count). The highest BCUT2D eigenvalue weighted by Crippen LogP contribution is 2.36. The number of hydrogen-bond acceptors (Lipinski definition) is 3. The highest BCUT2D eigenvalue weighted by molar-refractivity contribution is 6.06. The molecule has 180 valence electrons. The smallest absolute Gasteiger partial charge is 0.377 e. The topological polar surface area (TPSA) is 52.7 Å². The number of benzene rings is 2. The van der Waals surface area contributed by atoms with Gasteiger partial charge in [-0.3, -0.25) is 9.59 Å². The largest absolute Gasteiger partial charge is 0.416 e. The first-order chi connectivity index (χ1) is 15.2. The van der Waals surface area contributed by atoms with E-state index in [1.54, 1.807) is 32.8 Å². The molecule has 0 atom stereocenters. The zero-order valence-electron chi connectivity index (χ0n) is 18.4. The molecule has 1 N–H and O–H groups in total. The molecule has 5 nitrogen and oxygen atoms in total. The maximum atomic E-state index is 13.1. The summed E-state index contributed by atoms with van der Waals surface area (Å²) in [5, 5.41) is 2.29. The van der Waals surface area contributed by atoms with Crippen molar-refractivity contribution in [2.75, 3.05) is 37.4 Å². The van der Waals surface area contributed by atoms with Gasteiger partial charge in [-0.15, -0.1) is 0 Å².